The van der Waals surface area contributed by atoms with Gasteiger partial charge in [0.2, 0.25) is 6.19 Å². The van der Waals surface area contributed by atoms with Crippen molar-refractivity contribution in [1.29, 1.82) is 5.26 Å². The van der Waals surface area contributed by atoms with Crippen LogP contribution < -0.4 is 4.74 Å². The van der Waals surface area contributed by atoms with Crippen LogP contribution in [0.2, 0.25) is 0 Å². The molecule has 0 amide bonds. The van der Waals surface area contributed by atoms with Gasteiger partial charge in [-0.2, -0.15) is 10.3 Å². The lowest BCUT2D eigenvalue weighted by atomic mass is 9.97. The lowest BCUT2D eigenvalue weighted by Crippen LogP contribution is -2.35. The molecule has 1 aromatic carbocycles. The van der Waals surface area contributed by atoms with Crippen molar-refractivity contribution in [1.82, 2.24) is 4.90 Å². The number of fused-ring (bicyclic) bond motifs is 1. The van der Waals surface area contributed by atoms with Gasteiger partial charge in [-0.05, 0) is 32.9 Å². The van der Waals surface area contributed by atoms with Crippen LogP contribution in [0.5, 0.6) is 5.75 Å². The van der Waals surface area contributed by atoms with E-state index in [0.717, 1.165) is 0 Å². The van der Waals surface area contributed by atoms with E-state index in [1.807, 2.05) is 19.9 Å². The zero-order chi connectivity index (χ0) is 17.9. The Balaban J connectivity index is 2.66. The van der Waals surface area contributed by atoms with Gasteiger partial charge < -0.3 is 9.64 Å². The molecule has 0 aliphatic carbocycles. The third kappa shape index (κ3) is 3.43. The summed E-state index contributed by atoms with van der Waals surface area (Å²) in [5.74, 6) is 1.01. The van der Waals surface area contributed by atoms with Gasteiger partial charge in [-0.15, -0.1) is 6.58 Å². The summed E-state index contributed by atoms with van der Waals surface area (Å²) in [6.07, 6.45) is 5.30. The molecule has 0 aromatic heterocycles. The Morgan fingerprint density at radius 2 is 2.29 bits per heavy atom. The molecule has 0 saturated heterocycles. The van der Waals surface area contributed by atoms with Crippen molar-refractivity contribution in [2.75, 3.05) is 6.54 Å². The number of nitriles is 1. The fourth-order valence-corrected chi connectivity index (χ4v) is 2.53. The molecule has 0 atom stereocenters. The highest BCUT2D eigenvalue weighted by atomic mass is 16.6. The molecule has 1 aliphatic heterocycles. The van der Waals surface area contributed by atoms with E-state index in [4.69, 9.17) is 10.00 Å². The maximum Gasteiger partial charge on any atom is 0.270 e. The number of nitro benzene ring substituents is 1. The van der Waals surface area contributed by atoms with Crippen LogP contribution in [-0.2, 0) is 0 Å². The summed E-state index contributed by atoms with van der Waals surface area (Å²) in [7, 11) is 0. The van der Waals surface area contributed by atoms with Gasteiger partial charge >= 0.3 is 0 Å². The number of rotatable bonds is 4. The molecule has 7 heteroatoms. The Morgan fingerprint density at radius 1 is 1.58 bits per heavy atom. The molecule has 0 unspecified atom stereocenters. The van der Waals surface area contributed by atoms with Crippen molar-refractivity contribution in [3.05, 3.63) is 52.6 Å². The van der Waals surface area contributed by atoms with Crippen LogP contribution in [0, 0.1) is 21.6 Å². The standard InChI is InChI=1S/C17H18N4O3/c1-5-8-20(12(2)19-11-18)15-10-17(3,4)24-16-7-6-13(21(22)23)9-14(15)16/h5-7,9-10H,1,8H2,2-4H3. The van der Waals surface area contributed by atoms with Gasteiger partial charge in [-0.1, -0.05) is 6.08 Å². The molecular weight excluding hydrogens is 308 g/mol. The van der Waals surface area contributed by atoms with Crippen molar-refractivity contribution in [3.63, 3.8) is 0 Å². The number of benzene rings is 1. The van der Waals surface area contributed by atoms with Crippen molar-refractivity contribution in [2.24, 2.45) is 4.99 Å². The van der Waals surface area contributed by atoms with Crippen molar-refractivity contribution >= 4 is 17.2 Å². The minimum atomic E-state index is -0.606. The minimum Gasteiger partial charge on any atom is -0.483 e. The number of non-ortho nitro benzene ring substituents is 1. The van der Waals surface area contributed by atoms with Crippen LogP contribution in [0.25, 0.3) is 5.70 Å². The third-order valence-corrected chi connectivity index (χ3v) is 3.51. The fourth-order valence-electron chi connectivity index (χ4n) is 2.53. The van der Waals surface area contributed by atoms with E-state index in [2.05, 4.69) is 11.6 Å². The van der Waals surface area contributed by atoms with Crippen molar-refractivity contribution < 1.29 is 9.66 Å². The van der Waals surface area contributed by atoms with Gasteiger partial charge in [-0.3, -0.25) is 10.1 Å². The molecule has 7 nitrogen and oxygen atoms in total. The molecule has 0 bridgehead atoms. The molecule has 2 rings (SSSR count). The zero-order valence-corrected chi connectivity index (χ0v) is 13.8. The molecule has 1 aromatic rings. The molecular formula is C17H18N4O3. The van der Waals surface area contributed by atoms with Gasteiger partial charge in [0.1, 0.15) is 17.2 Å². The molecule has 0 fully saturated rings. The third-order valence-electron chi connectivity index (χ3n) is 3.51. The number of ether oxygens (including phenoxy) is 1. The summed E-state index contributed by atoms with van der Waals surface area (Å²) < 4.78 is 5.90. The maximum absolute atomic E-state index is 11.1. The molecule has 0 radical (unpaired) electrons. The minimum absolute atomic E-state index is 0.0311. The van der Waals surface area contributed by atoms with Crippen LogP contribution >= 0.6 is 0 Å². The zero-order valence-electron chi connectivity index (χ0n) is 13.8. The summed E-state index contributed by atoms with van der Waals surface area (Å²) in [5, 5.41) is 19.9. The number of nitro groups is 1. The van der Waals surface area contributed by atoms with E-state index < -0.39 is 10.5 Å². The van der Waals surface area contributed by atoms with E-state index in [9.17, 15) is 10.1 Å². The monoisotopic (exact) mass is 326 g/mol. The molecule has 0 N–H and O–H groups in total. The Bertz CT molecular complexity index is 788. The summed E-state index contributed by atoms with van der Waals surface area (Å²) in [6, 6.07) is 4.46. The Labute approximate surface area is 140 Å². The van der Waals surface area contributed by atoms with E-state index in [1.54, 1.807) is 30.2 Å². The summed E-state index contributed by atoms with van der Waals surface area (Å²) in [6.45, 7) is 9.61. The number of hydrogen-bond donors (Lipinski definition) is 0. The number of aliphatic imine (C=N–C) groups is 1. The van der Waals surface area contributed by atoms with E-state index in [-0.39, 0.29) is 5.69 Å². The van der Waals surface area contributed by atoms with E-state index in [0.29, 0.717) is 29.4 Å². The lowest BCUT2D eigenvalue weighted by molar-refractivity contribution is -0.384. The molecule has 1 heterocycles. The number of hydrogen-bond acceptors (Lipinski definition) is 5. The summed E-state index contributed by atoms with van der Waals surface area (Å²) >= 11 is 0. The topological polar surface area (TPSA) is 91.8 Å². The first-order valence-electron chi connectivity index (χ1n) is 7.31. The Hall–Kier alpha value is -3.14. The van der Waals surface area contributed by atoms with Gasteiger partial charge in [0.15, 0.2) is 0 Å². The average Bonchev–Trinajstić information content (AvgIpc) is 2.50. The van der Waals surface area contributed by atoms with Crippen molar-refractivity contribution in [3.8, 4) is 11.9 Å². The summed E-state index contributed by atoms with van der Waals surface area (Å²) in [4.78, 5) is 16.2. The first-order valence-corrected chi connectivity index (χ1v) is 7.31. The lowest BCUT2D eigenvalue weighted by Gasteiger charge is -2.35. The number of amidine groups is 1. The highest BCUT2D eigenvalue weighted by Crippen LogP contribution is 2.39. The Kier molecular flexibility index (Phi) is 4.69. The van der Waals surface area contributed by atoms with Crippen LogP contribution in [0.4, 0.5) is 5.69 Å². The normalized spacial score (nSPS) is 15.4. The maximum atomic E-state index is 11.1. The van der Waals surface area contributed by atoms with Crippen LogP contribution in [0.3, 0.4) is 0 Å². The second-order valence-corrected chi connectivity index (χ2v) is 5.83. The second-order valence-electron chi connectivity index (χ2n) is 5.83. The van der Waals surface area contributed by atoms with E-state index in [1.165, 1.54) is 12.1 Å². The van der Waals surface area contributed by atoms with Gasteiger partial charge in [0, 0.05) is 24.2 Å². The van der Waals surface area contributed by atoms with Crippen LogP contribution in [-0.4, -0.2) is 27.8 Å². The average molecular weight is 326 g/mol. The van der Waals surface area contributed by atoms with Crippen LogP contribution in [0.15, 0.2) is 41.9 Å². The van der Waals surface area contributed by atoms with Gasteiger partial charge in [0.25, 0.3) is 5.69 Å². The fraction of sp³-hybridized carbons (Fsp3) is 0.294. The molecule has 0 spiro atoms. The predicted molar refractivity (Wildman–Crippen MR) is 91.4 cm³/mol. The molecule has 24 heavy (non-hydrogen) atoms. The quantitative estimate of drug-likeness (QED) is 0.211. The largest absolute Gasteiger partial charge is 0.483 e. The highest BCUT2D eigenvalue weighted by molar-refractivity contribution is 5.91. The summed E-state index contributed by atoms with van der Waals surface area (Å²) in [5.41, 5.74) is 0.640. The Morgan fingerprint density at radius 3 is 2.88 bits per heavy atom. The number of nitrogens with zero attached hydrogens (tertiary/aromatic N) is 4. The SMILES string of the molecule is C=CCN(C1=CC(C)(C)Oc2ccc([N+](=O)[O-])cc21)C(C)=NC#N. The highest BCUT2D eigenvalue weighted by Gasteiger charge is 2.31. The first-order chi connectivity index (χ1) is 11.3. The predicted octanol–water partition coefficient (Wildman–Crippen LogP) is 3.49. The molecule has 1 aliphatic rings. The van der Waals surface area contributed by atoms with Crippen molar-refractivity contribution in [2.45, 2.75) is 26.4 Å². The van der Waals surface area contributed by atoms with Crippen LogP contribution in [0.1, 0.15) is 26.3 Å². The molecule has 0 saturated carbocycles. The molecule has 124 valence electrons. The van der Waals surface area contributed by atoms with E-state index >= 15 is 0 Å². The smallest absolute Gasteiger partial charge is 0.270 e. The first kappa shape index (κ1) is 17.2. The van der Waals surface area contributed by atoms with Gasteiger partial charge in [-0.25, -0.2) is 0 Å². The second kappa shape index (κ2) is 6.54. The van der Waals surface area contributed by atoms with Gasteiger partial charge in [0.05, 0.1) is 10.6 Å².